The molecule has 0 aromatic heterocycles. The largest absolute Gasteiger partial charge is 0.490 e. The van der Waals surface area contributed by atoms with Crippen LogP contribution in [0.2, 0.25) is 0 Å². The fraction of sp³-hybridized carbons (Fsp3) is 0.684. The van der Waals surface area contributed by atoms with Gasteiger partial charge in [-0.25, -0.2) is 4.39 Å². The van der Waals surface area contributed by atoms with Gasteiger partial charge in [-0.05, 0) is 50.6 Å². The summed E-state index contributed by atoms with van der Waals surface area (Å²) in [4.78, 5) is 15.0. The zero-order chi connectivity index (χ0) is 18.7. The van der Waals surface area contributed by atoms with Gasteiger partial charge >= 0.3 is 5.69 Å². The first-order valence-electron chi connectivity index (χ1n) is 9.47. The van der Waals surface area contributed by atoms with Gasteiger partial charge in [0.15, 0.2) is 11.6 Å². The van der Waals surface area contributed by atoms with Gasteiger partial charge in [-0.3, -0.25) is 10.1 Å². The van der Waals surface area contributed by atoms with Crippen molar-refractivity contribution in [3.8, 4) is 5.75 Å². The fourth-order valence-corrected chi connectivity index (χ4v) is 4.12. The summed E-state index contributed by atoms with van der Waals surface area (Å²) in [5.74, 6) is 0.872. The molecule has 2 fully saturated rings. The number of hydrogen-bond donors (Lipinski definition) is 0. The van der Waals surface area contributed by atoms with E-state index < -0.39 is 10.7 Å². The van der Waals surface area contributed by atoms with Crippen molar-refractivity contribution in [1.82, 2.24) is 4.90 Å². The molecule has 0 amide bonds. The normalized spacial score (nSPS) is 22.4. The second-order valence-electron chi connectivity index (χ2n) is 7.67. The third-order valence-corrected chi connectivity index (χ3v) is 5.70. The molecule has 0 saturated carbocycles. The second kappa shape index (κ2) is 8.20. The maximum absolute atomic E-state index is 14.5. The molecule has 2 heterocycles. The monoisotopic (exact) mass is 365 g/mol. The van der Waals surface area contributed by atoms with Crippen LogP contribution in [0, 0.1) is 27.8 Å². The number of nitrogens with zero attached hydrogens (tertiary/aromatic N) is 3. The van der Waals surface area contributed by atoms with E-state index in [0.29, 0.717) is 11.6 Å². The van der Waals surface area contributed by atoms with Crippen molar-refractivity contribution >= 4 is 11.4 Å². The van der Waals surface area contributed by atoms with Crippen molar-refractivity contribution in [1.29, 1.82) is 0 Å². The van der Waals surface area contributed by atoms with Crippen LogP contribution in [-0.2, 0) is 0 Å². The molecule has 1 aromatic rings. The van der Waals surface area contributed by atoms with Crippen LogP contribution in [0.4, 0.5) is 15.8 Å². The van der Waals surface area contributed by atoms with Gasteiger partial charge in [-0.15, -0.1) is 0 Å². The van der Waals surface area contributed by atoms with Crippen molar-refractivity contribution < 1.29 is 14.1 Å². The minimum atomic E-state index is -0.609. The topological polar surface area (TPSA) is 58.8 Å². The molecular weight excluding hydrogens is 337 g/mol. The smallest absolute Gasteiger partial charge is 0.313 e. The van der Waals surface area contributed by atoms with Crippen LogP contribution in [0.1, 0.15) is 32.6 Å². The molecular formula is C19H28FN3O3. The van der Waals surface area contributed by atoms with E-state index in [9.17, 15) is 14.5 Å². The van der Waals surface area contributed by atoms with E-state index in [-0.39, 0.29) is 11.4 Å². The molecule has 6 nitrogen and oxygen atoms in total. The number of anilines is 1. The van der Waals surface area contributed by atoms with Gasteiger partial charge in [-0.2, -0.15) is 0 Å². The average molecular weight is 365 g/mol. The third-order valence-electron chi connectivity index (χ3n) is 5.70. The lowest BCUT2D eigenvalue weighted by Crippen LogP contribution is -2.43. The number of rotatable bonds is 5. The minimum absolute atomic E-state index is 0.110. The van der Waals surface area contributed by atoms with E-state index in [1.165, 1.54) is 26.0 Å². The first kappa shape index (κ1) is 18.9. The minimum Gasteiger partial charge on any atom is -0.490 e. The molecule has 7 heteroatoms. The van der Waals surface area contributed by atoms with Gasteiger partial charge in [0.1, 0.15) is 0 Å². The second-order valence-corrected chi connectivity index (χ2v) is 7.67. The Labute approximate surface area is 154 Å². The van der Waals surface area contributed by atoms with Crippen LogP contribution in [0.5, 0.6) is 5.75 Å². The first-order chi connectivity index (χ1) is 12.5. The van der Waals surface area contributed by atoms with Crippen molar-refractivity contribution in [2.24, 2.45) is 11.8 Å². The Morgan fingerprint density at radius 2 is 2.00 bits per heavy atom. The van der Waals surface area contributed by atoms with E-state index in [0.717, 1.165) is 57.5 Å². The number of methoxy groups -OCH3 is 1. The van der Waals surface area contributed by atoms with Crippen molar-refractivity contribution in [2.45, 2.75) is 32.6 Å². The highest BCUT2D eigenvalue weighted by molar-refractivity contribution is 5.60. The highest BCUT2D eigenvalue weighted by Gasteiger charge is 2.28. The highest BCUT2D eigenvalue weighted by Crippen LogP contribution is 2.36. The van der Waals surface area contributed by atoms with Crippen molar-refractivity contribution in [3.63, 3.8) is 0 Å². The average Bonchev–Trinajstić information content (AvgIpc) is 2.63. The number of halogens is 1. The molecule has 3 rings (SSSR count). The fourth-order valence-electron chi connectivity index (χ4n) is 4.12. The van der Waals surface area contributed by atoms with E-state index in [1.54, 1.807) is 0 Å². The summed E-state index contributed by atoms with van der Waals surface area (Å²) in [6.45, 7) is 7.21. The third kappa shape index (κ3) is 4.26. The Bertz CT molecular complexity index is 647. The molecule has 26 heavy (non-hydrogen) atoms. The molecule has 0 spiro atoms. The number of ether oxygens (including phenoxy) is 1. The predicted octanol–water partition coefficient (Wildman–Crippen LogP) is 3.69. The van der Waals surface area contributed by atoms with Crippen molar-refractivity contribution in [3.05, 3.63) is 28.1 Å². The summed E-state index contributed by atoms with van der Waals surface area (Å²) in [6, 6.07) is 2.45. The van der Waals surface area contributed by atoms with Gasteiger partial charge in [0.05, 0.1) is 23.8 Å². The Kier molecular flexibility index (Phi) is 5.96. The summed E-state index contributed by atoms with van der Waals surface area (Å²) in [5, 5.41) is 11.1. The quantitative estimate of drug-likeness (QED) is 0.588. The van der Waals surface area contributed by atoms with Crippen LogP contribution < -0.4 is 9.64 Å². The summed E-state index contributed by atoms with van der Waals surface area (Å²) in [6.07, 6.45) is 4.66. The standard InChI is InChI=1S/C19H28FN3O3/c1-14-5-8-21(9-6-14)12-15-4-3-7-22(13-15)17-11-19(26-2)18(23(24)25)10-16(17)20/h10-11,14-15H,3-9,12-13H2,1-2H3. The Morgan fingerprint density at radius 3 is 2.65 bits per heavy atom. The van der Waals surface area contributed by atoms with E-state index in [4.69, 9.17) is 4.74 Å². The zero-order valence-electron chi connectivity index (χ0n) is 15.6. The summed E-state index contributed by atoms with van der Waals surface area (Å²) in [5.41, 5.74) is 0.0779. The number of nitro benzene ring substituents is 1. The summed E-state index contributed by atoms with van der Waals surface area (Å²) in [7, 11) is 1.38. The maximum atomic E-state index is 14.5. The summed E-state index contributed by atoms with van der Waals surface area (Å²) >= 11 is 0. The van der Waals surface area contributed by atoms with Gasteiger partial charge in [0.25, 0.3) is 0 Å². The van der Waals surface area contributed by atoms with Gasteiger partial charge < -0.3 is 14.5 Å². The molecule has 2 saturated heterocycles. The number of nitro groups is 1. The van der Waals surface area contributed by atoms with Crippen LogP contribution in [0.3, 0.4) is 0 Å². The molecule has 0 aliphatic carbocycles. The highest BCUT2D eigenvalue weighted by atomic mass is 19.1. The number of likely N-dealkylation sites (tertiary alicyclic amines) is 1. The lowest BCUT2D eigenvalue weighted by molar-refractivity contribution is -0.385. The molecule has 1 aromatic carbocycles. The van der Waals surface area contributed by atoms with E-state index in [1.807, 2.05) is 4.90 Å². The maximum Gasteiger partial charge on any atom is 0.313 e. The molecule has 0 bridgehead atoms. The Balaban J connectivity index is 1.70. The Hall–Kier alpha value is -1.89. The molecule has 2 aliphatic rings. The predicted molar refractivity (Wildman–Crippen MR) is 99.4 cm³/mol. The lowest BCUT2D eigenvalue weighted by atomic mass is 9.94. The van der Waals surface area contributed by atoms with Crippen LogP contribution in [0.25, 0.3) is 0 Å². The van der Waals surface area contributed by atoms with Crippen LogP contribution >= 0.6 is 0 Å². The molecule has 0 radical (unpaired) electrons. The van der Waals surface area contributed by atoms with Crippen molar-refractivity contribution in [2.75, 3.05) is 44.7 Å². The van der Waals surface area contributed by atoms with Gasteiger partial charge in [0, 0.05) is 25.7 Å². The van der Waals surface area contributed by atoms with Gasteiger partial charge in [-0.1, -0.05) is 6.92 Å². The lowest BCUT2D eigenvalue weighted by Gasteiger charge is -2.38. The van der Waals surface area contributed by atoms with Crippen LogP contribution in [0.15, 0.2) is 12.1 Å². The number of benzene rings is 1. The summed E-state index contributed by atoms with van der Waals surface area (Å²) < 4.78 is 19.6. The SMILES string of the molecule is COc1cc(N2CCCC(CN3CCC(C)CC3)C2)c(F)cc1[N+](=O)[O-]. The van der Waals surface area contributed by atoms with E-state index in [2.05, 4.69) is 11.8 Å². The first-order valence-corrected chi connectivity index (χ1v) is 9.47. The number of piperidine rings is 2. The van der Waals surface area contributed by atoms with Gasteiger partial charge in [0.2, 0.25) is 0 Å². The molecule has 1 unspecified atom stereocenters. The zero-order valence-corrected chi connectivity index (χ0v) is 15.6. The molecule has 0 N–H and O–H groups in total. The molecule has 1 atom stereocenters. The Morgan fingerprint density at radius 1 is 1.27 bits per heavy atom. The molecule has 144 valence electrons. The number of hydrogen-bond acceptors (Lipinski definition) is 5. The van der Waals surface area contributed by atoms with E-state index >= 15 is 0 Å². The molecule has 2 aliphatic heterocycles. The van der Waals surface area contributed by atoms with Crippen LogP contribution in [-0.4, -0.2) is 49.7 Å².